The summed E-state index contributed by atoms with van der Waals surface area (Å²) in [6.45, 7) is 3.54. The number of piperidine rings is 1. The standard InChI is InChI=1S/C17H22FN5O/c18-16-7-12(1-2-17(16)23-11-20-21-22-23)9-24-10-14-8-15(14)13-3-5-19-6-4-13/h1-2,7,11,13-15,19H,3-6,8-10H2/t14-,15?/m0/s1. The third-order valence-corrected chi connectivity index (χ3v) is 5.18. The van der Waals surface area contributed by atoms with Crippen LogP contribution in [0.15, 0.2) is 24.5 Å². The van der Waals surface area contributed by atoms with Crippen LogP contribution in [-0.4, -0.2) is 39.9 Å². The summed E-state index contributed by atoms with van der Waals surface area (Å²) in [4.78, 5) is 0. The first kappa shape index (κ1) is 15.7. The predicted molar refractivity (Wildman–Crippen MR) is 86.0 cm³/mol. The highest BCUT2D eigenvalue weighted by Gasteiger charge is 2.42. The second-order valence-electron chi connectivity index (χ2n) is 6.80. The molecule has 2 heterocycles. The molecule has 0 radical (unpaired) electrons. The van der Waals surface area contributed by atoms with E-state index >= 15 is 0 Å². The van der Waals surface area contributed by atoms with E-state index < -0.39 is 0 Å². The number of aromatic nitrogens is 4. The van der Waals surface area contributed by atoms with E-state index in [1.165, 1.54) is 36.3 Å². The molecule has 2 atom stereocenters. The molecule has 1 aromatic heterocycles. The molecule has 2 aliphatic rings. The molecule has 2 fully saturated rings. The van der Waals surface area contributed by atoms with Gasteiger partial charge in [0.2, 0.25) is 0 Å². The zero-order valence-electron chi connectivity index (χ0n) is 13.6. The Labute approximate surface area is 140 Å². The van der Waals surface area contributed by atoms with E-state index in [0.29, 0.717) is 18.2 Å². The van der Waals surface area contributed by atoms with Gasteiger partial charge in [-0.2, -0.15) is 4.68 Å². The van der Waals surface area contributed by atoms with Gasteiger partial charge in [0, 0.05) is 0 Å². The second kappa shape index (κ2) is 6.94. The number of rotatable bonds is 6. The van der Waals surface area contributed by atoms with Crippen LogP contribution in [0.4, 0.5) is 4.39 Å². The summed E-state index contributed by atoms with van der Waals surface area (Å²) in [6.07, 6.45) is 5.26. The van der Waals surface area contributed by atoms with Gasteiger partial charge in [-0.1, -0.05) is 6.07 Å². The molecule has 128 valence electrons. The molecule has 1 aliphatic heterocycles. The maximum Gasteiger partial charge on any atom is 0.149 e. The van der Waals surface area contributed by atoms with Gasteiger partial charge in [0.05, 0.1) is 13.2 Å². The summed E-state index contributed by atoms with van der Waals surface area (Å²) in [5.41, 5.74) is 1.18. The maximum absolute atomic E-state index is 14.1. The quantitative estimate of drug-likeness (QED) is 0.876. The monoisotopic (exact) mass is 331 g/mol. The van der Waals surface area contributed by atoms with Gasteiger partial charge in [-0.05, 0) is 78.2 Å². The molecule has 1 N–H and O–H groups in total. The highest BCUT2D eigenvalue weighted by molar-refractivity contribution is 5.34. The fourth-order valence-corrected chi connectivity index (χ4v) is 3.74. The third kappa shape index (κ3) is 3.47. The fourth-order valence-electron chi connectivity index (χ4n) is 3.74. The average Bonchev–Trinajstić information content (AvgIpc) is 3.17. The number of tetrazole rings is 1. The lowest BCUT2D eigenvalue weighted by Crippen LogP contribution is -2.29. The Balaban J connectivity index is 1.26. The smallest absolute Gasteiger partial charge is 0.149 e. The van der Waals surface area contributed by atoms with E-state index in [2.05, 4.69) is 20.8 Å². The Kier molecular flexibility index (Phi) is 4.53. The number of hydrogen-bond donors (Lipinski definition) is 1. The zero-order valence-corrected chi connectivity index (χ0v) is 13.6. The summed E-state index contributed by atoms with van der Waals surface area (Å²) in [7, 11) is 0. The molecular formula is C17H22FN5O. The van der Waals surface area contributed by atoms with Crippen LogP contribution in [-0.2, 0) is 11.3 Å². The van der Waals surface area contributed by atoms with Crippen molar-refractivity contribution in [2.75, 3.05) is 19.7 Å². The molecule has 1 saturated carbocycles. The first-order valence-electron chi connectivity index (χ1n) is 8.61. The molecule has 6 nitrogen and oxygen atoms in total. The Bertz CT molecular complexity index is 672. The Morgan fingerprint density at radius 2 is 2.17 bits per heavy atom. The van der Waals surface area contributed by atoms with Gasteiger partial charge in [0.15, 0.2) is 0 Å². The molecule has 1 unspecified atom stereocenters. The summed E-state index contributed by atoms with van der Waals surface area (Å²) < 4.78 is 21.3. The fraction of sp³-hybridized carbons (Fsp3) is 0.588. The largest absolute Gasteiger partial charge is 0.376 e. The Hall–Kier alpha value is -1.86. The van der Waals surface area contributed by atoms with Crippen LogP contribution >= 0.6 is 0 Å². The van der Waals surface area contributed by atoms with Crippen LogP contribution in [0.25, 0.3) is 5.69 Å². The van der Waals surface area contributed by atoms with Gasteiger partial charge in [0.25, 0.3) is 0 Å². The molecule has 1 aromatic carbocycles. The topological polar surface area (TPSA) is 64.9 Å². The number of ether oxygens (including phenoxy) is 1. The highest BCUT2D eigenvalue weighted by Crippen LogP contribution is 2.47. The van der Waals surface area contributed by atoms with Crippen molar-refractivity contribution in [3.63, 3.8) is 0 Å². The van der Waals surface area contributed by atoms with Crippen LogP contribution in [0.3, 0.4) is 0 Å². The first-order chi connectivity index (χ1) is 11.8. The molecule has 2 aromatic rings. The van der Waals surface area contributed by atoms with E-state index in [0.717, 1.165) is 37.1 Å². The van der Waals surface area contributed by atoms with Gasteiger partial charge in [0.1, 0.15) is 17.8 Å². The molecular weight excluding hydrogens is 309 g/mol. The van der Waals surface area contributed by atoms with Gasteiger partial charge < -0.3 is 10.1 Å². The second-order valence-corrected chi connectivity index (χ2v) is 6.80. The minimum absolute atomic E-state index is 0.344. The number of nitrogens with one attached hydrogen (secondary N) is 1. The minimum atomic E-state index is -0.345. The highest BCUT2D eigenvalue weighted by atomic mass is 19.1. The van der Waals surface area contributed by atoms with E-state index in [4.69, 9.17) is 4.74 Å². The van der Waals surface area contributed by atoms with Crippen molar-refractivity contribution < 1.29 is 9.13 Å². The minimum Gasteiger partial charge on any atom is -0.376 e. The lowest BCUT2D eigenvalue weighted by molar-refractivity contribution is 0.103. The maximum atomic E-state index is 14.1. The van der Waals surface area contributed by atoms with Crippen molar-refractivity contribution in [3.05, 3.63) is 35.9 Å². The van der Waals surface area contributed by atoms with Crippen LogP contribution < -0.4 is 5.32 Å². The van der Waals surface area contributed by atoms with Gasteiger partial charge >= 0.3 is 0 Å². The molecule has 4 rings (SSSR count). The Morgan fingerprint density at radius 3 is 2.92 bits per heavy atom. The molecule has 24 heavy (non-hydrogen) atoms. The van der Waals surface area contributed by atoms with Crippen molar-refractivity contribution in [2.24, 2.45) is 17.8 Å². The average molecular weight is 331 g/mol. The van der Waals surface area contributed by atoms with E-state index in [1.54, 1.807) is 6.07 Å². The van der Waals surface area contributed by atoms with E-state index in [1.807, 2.05) is 6.07 Å². The van der Waals surface area contributed by atoms with Crippen molar-refractivity contribution in [3.8, 4) is 5.69 Å². The third-order valence-electron chi connectivity index (χ3n) is 5.18. The van der Waals surface area contributed by atoms with Crippen LogP contribution in [0.1, 0.15) is 24.8 Å². The van der Waals surface area contributed by atoms with Crippen LogP contribution in [0.5, 0.6) is 0 Å². The van der Waals surface area contributed by atoms with E-state index in [9.17, 15) is 4.39 Å². The molecule has 7 heteroatoms. The number of benzene rings is 1. The number of halogens is 1. The number of hydrogen-bond acceptors (Lipinski definition) is 5. The predicted octanol–water partition coefficient (Wildman–Crippen LogP) is 1.95. The van der Waals surface area contributed by atoms with Gasteiger partial charge in [-0.25, -0.2) is 4.39 Å². The van der Waals surface area contributed by atoms with Crippen molar-refractivity contribution >= 4 is 0 Å². The summed E-state index contributed by atoms with van der Waals surface area (Å²) in [5, 5.41) is 14.2. The van der Waals surface area contributed by atoms with Crippen LogP contribution in [0.2, 0.25) is 0 Å². The van der Waals surface area contributed by atoms with Gasteiger partial charge in [-0.3, -0.25) is 0 Å². The SMILES string of the molecule is Fc1cc(COC[C@@H]2CC2C2CCNCC2)ccc1-n1cnnn1. The van der Waals surface area contributed by atoms with Crippen molar-refractivity contribution in [1.82, 2.24) is 25.5 Å². The van der Waals surface area contributed by atoms with Gasteiger partial charge in [-0.15, -0.1) is 5.10 Å². The molecule has 1 aliphatic carbocycles. The lowest BCUT2D eigenvalue weighted by atomic mass is 9.92. The molecule has 0 bridgehead atoms. The summed E-state index contributed by atoms with van der Waals surface area (Å²) in [6, 6.07) is 5.03. The molecule has 0 amide bonds. The lowest BCUT2D eigenvalue weighted by Gasteiger charge is -2.22. The normalized spacial score (nSPS) is 24.2. The van der Waals surface area contributed by atoms with Crippen LogP contribution in [0, 0.1) is 23.6 Å². The summed E-state index contributed by atoms with van der Waals surface area (Å²) >= 11 is 0. The number of nitrogens with zero attached hydrogens (tertiary/aromatic N) is 4. The van der Waals surface area contributed by atoms with E-state index in [-0.39, 0.29) is 5.82 Å². The zero-order chi connectivity index (χ0) is 16.4. The van der Waals surface area contributed by atoms with Crippen molar-refractivity contribution in [2.45, 2.75) is 25.9 Å². The summed E-state index contributed by atoms with van der Waals surface area (Å²) in [5.74, 6) is 2.06. The first-order valence-corrected chi connectivity index (χ1v) is 8.61. The van der Waals surface area contributed by atoms with Crippen molar-refractivity contribution in [1.29, 1.82) is 0 Å². The molecule has 1 saturated heterocycles. The Morgan fingerprint density at radius 1 is 1.29 bits per heavy atom. The molecule has 0 spiro atoms.